The second-order valence-corrected chi connectivity index (χ2v) is 5.71. The molecule has 0 saturated heterocycles. The van der Waals surface area contributed by atoms with Crippen LogP contribution in [0.25, 0.3) is 0 Å². The number of amides is 1. The minimum absolute atomic E-state index is 0.227. The molecule has 1 aliphatic heterocycles. The van der Waals surface area contributed by atoms with E-state index in [0.29, 0.717) is 19.6 Å². The van der Waals surface area contributed by atoms with E-state index in [4.69, 9.17) is 4.74 Å². The number of anilines is 1. The summed E-state index contributed by atoms with van der Waals surface area (Å²) in [6.45, 7) is 6.34. The third-order valence-corrected chi connectivity index (χ3v) is 4.34. The van der Waals surface area contributed by atoms with Gasteiger partial charge in [-0.05, 0) is 25.0 Å². The largest absolute Gasteiger partial charge is 0.384 e. The molecule has 2 atom stereocenters. The molecule has 2 rings (SSSR count). The van der Waals surface area contributed by atoms with E-state index in [1.54, 1.807) is 7.11 Å². The summed E-state index contributed by atoms with van der Waals surface area (Å²) < 4.78 is 5.14. The summed E-state index contributed by atoms with van der Waals surface area (Å²) >= 11 is 0. The normalized spacial score (nSPS) is 18.0. The lowest BCUT2D eigenvalue weighted by molar-refractivity contribution is -0.134. The number of para-hydroxylation sites is 1. The molecule has 1 aromatic carbocycles. The highest BCUT2D eigenvalue weighted by Crippen LogP contribution is 2.33. The Kier molecular flexibility index (Phi) is 5.62. The number of carbonyl (C=O) groups is 1. The zero-order valence-corrected chi connectivity index (χ0v) is 13.3. The molecule has 1 amide bonds. The number of rotatable bonds is 7. The number of methoxy groups -OCH3 is 1. The van der Waals surface area contributed by atoms with Gasteiger partial charge in [0.2, 0.25) is 5.91 Å². The van der Waals surface area contributed by atoms with E-state index >= 15 is 0 Å². The van der Waals surface area contributed by atoms with Crippen molar-refractivity contribution < 1.29 is 9.53 Å². The Balaban J connectivity index is 2.02. The highest BCUT2D eigenvalue weighted by atomic mass is 16.5. The maximum absolute atomic E-state index is 12.7. The Morgan fingerprint density at radius 1 is 1.48 bits per heavy atom. The van der Waals surface area contributed by atoms with Crippen LogP contribution in [0.2, 0.25) is 0 Å². The van der Waals surface area contributed by atoms with Crippen molar-refractivity contribution in [3.05, 3.63) is 29.8 Å². The molecule has 1 N–H and O–H groups in total. The standard InChI is InChI=1S/C17H26N2O2/c1-4-13(2)19(9-10-21-3)17(20)11-14-12-18-16-8-6-5-7-15(14)16/h5-8,13-14,18H,4,9-12H2,1-3H3. The molecule has 2 unspecified atom stereocenters. The highest BCUT2D eigenvalue weighted by Gasteiger charge is 2.27. The smallest absolute Gasteiger partial charge is 0.223 e. The number of hydrogen-bond acceptors (Lipinski definition) is 3. The first-order chi connectivity index (χ1) is 10.2. The summed E-state index contributed by atoms with van der Waals surface area (Å²) in [4.78, 5) is 14.6. The molecule has 0 saturated carbocycles. The van der Waals surface area contributed by atoms with Gasteiger partial charge in [-0.1, -0.05) is 25.1 Å². The number of ether oxygens (including phenoxy) is 1. The zero-order valence-electron chi connectivity index (χ0n) is 13.3. The minimum atomic E-state index is 0.227. The van der Waals surface area contributed by atoms with Gasteiger partial charge in [-0.2, -0.15) is 0 Å². The highest BCUT2D eigenvalue weighted by molar-refractivity contribution is 5.78. The maximum Gasteiger partial charge on any atom is 0.223 e. The first-order valence-corrected chi connectivity index (χ1v) is 7.78. The summed E-state index contributed by atoms with van der Waals surface area (Å²) in [5, 5.41) is 3.39. The zero-order chi connectivity index (χ0) is 15.2. The lowest BCUT2D eigenvalue weighted by atomic mass is 9.97. The van der Waals surface area contributed by atoms with Crippen LogP contribution in [-0.2, 0) is 9.53 Å². The molecule has 0 radical (unpaired) electrons. The van der Waals surface area contributed by atoms with E-state index in [0.717, 1.165) is 13.0 Å². The first-order valence-electron chi connectivity index (χ1n) is 7.78. The van der Waals surface area contributed by atoms with Crippen molar-refractivity contribution in [2.75, 3.05) is 32.1 Å². The van der Waals surface area contributed by atoms with Gasteiger partial charge < -0.3 is 15.0 Å². The Labute approximate surface area is 127 Å². The van der Waals surface area contributed by atoms with Crippen LogP contribution >= 0.6 is 0 Å². The van der Waals surface area contributed by atoms with Crippen LogP contribution < -0.4 is 5.32 Å². The van der Waals surface area contributed by atoms with Crippen molar-refractivity contribution in [1.29, 1.82) is 0 Å². The Bertz CT molecular complexity index is 476. The average Bonchev–Trinajstić information content (AvgIpc) is 2.90. The van der Waals surface area contributed by atoms with E-state index in [1.165, 1.54) is 11.3 Å². The fourth-order valence-electron chi connectivity index (χ4n) is 2.87. The van der Waals surface area contributed by atoms with Crippen LogP contribution in [0.4, 0.5) is 5.69 Å². The second-order valence-electron chi connectivity index (χ2n) is 5.71. The maximum atomic E-state index is 12.7. The number of hydrogen-bond donors (Lipinski definition) is 1. The SMILES string of the molecule is CCC(C)N(CCOC)C(=O)CC1CNc2ccccc21. The summed E-state index contributed by atoms with van der Waals surface area (Å²) in [5.74, 6) is 0.507. The molecule has 116 valence electrons. The van der Waals surface area contributed by atoms with Crippen LogP contribution in [0.3, 0.4) is 0 Å². The molecule has 1 aromatic rings. The second kappa shape index (κ2) is 7.46. The third-order valence-electron chi connectivity index (χ3n) is 4.34. The molecule has 4 heteroatoms. The number of nitrogens with one attached hydrogen (secondary N) is 1. The Hall–Kier alpha value is -1.55. The third kappa shape index (κ3) is 3.76. The van der Waals surface area contributed by atoms with Crippen LogP contribution in [0.1, 0.15) is 38.2 Å². The molecule has 1 aliphatic rings. The van der Waals surface area contributed by atoms with Crippen molar-refractivity contribution in [3.63, 3.8) is 0 Å². The van der Waals surface area contributed by atoms with Crippen molar-refractivity contribution in [2.45, 2.75) is 38.6 Å². The van der Waals surface area contributed by atoms with Gasteiger partial charge in [-0.3, -0.25) is 4.79 Å². The van der Waals surface area contributed by atoms with Crippen LogP contribution in [0.15, 0.2) is 24.3 Å². The van der Waals surface area contributed by atoms with Gasteiger partial charge in [-0.15, -0.1) is 0 Å². The summed E-state index contributed by atoms with van der Waals surface area (Å²) in [5.41, 5.74) is 2.43. The number of fused-ring (bicyclic) bond motifs is 1. The van der Waals surface area contributed by atoms with Gasteiger partial charge in [0.25, 0.3) is 0 Å². The molecule has 1 heterocycles. The van der Waals surface area contributed by atoms with Crippen molar-refractivity contribution in [1.82, 2.24) is 4.90 Å². The van der Waals surface area contributed by atoms with Gasteiger partial charge in [0.1, 0.15) is 0 Å². The summed E-state index contributed by atoms with van der Waals surface area (Å²) in [7, 11) is 1.68. The lowest BCUT2D eigenvalue weighted by Gasteiger charge is -2.29. The first kappa shape index (κ1) is 15.8. The molecule has 0 aliphatic carbocycles. The predicted octanol–water partition coefficient (Wildman–Crippen LogP) is 2.86. The van der Waals surface area contributed by atoms with E-state index < -0.39 is 0 Å². The van der Waals surface area contributed by atoms with Gasteiger partial charge in [0, 0.05) is 44.3 Å². The van der Waals surface area contributed by atoms with E-state index in [2.05, 4.69) is 31.3 Å². The fraction of sp³-hybridized carbons (Fsp3) is 0.588. The molecule has 0 fully saturated rings. The van der Waals surface area contributed by atoms with Crippen molar-refractivity contribution in [2.24, 2.45) is 0 Å². The number of benzene rings is 1. The quantitative estimate of drug-likeness (QED) is 0.839. The van der Waals surface area contributed by atoms with Crippen molar-refractivity contribution >= 4 is 11.6 Å². The van der Waals surface area contributed by atoms with Crippen LogP contribution in [0, 0.1) is 0 Å². The fourth-order valence-corrected chi connectivity index (χ4v) is 2.87. The van der Waals surface area contributed by atoms with Gasteiger partial charge in [0.15, 0.2) is 0 Å². The predicted molar refractivity (Wildman–Crippen MR) is 85.6 cm³/mol. The van der Waals surface area contributed by atoms with Gasteiger partial charge >= 0.3 is 0 Å². The minimum Gasteiger partial charge on any atom is -0.384 e. The lowest BCUT2D eigenvalue weighted by Crippen LogP contribution is -2.41. The number of nitrogens with zero attached hydrogens (tertiary/aromatic N) is 1. The van der Waals surface area contributed by atoms with Gasteiger partial charge in [-0.25, -0.2) is 0 Å². The summed E-state index contributed by atoms with van der Waals surface area (Å²) in [6, 6.07) is 8.53. The molecular formula is C17H26N2O2. The summed E-state index contributed by atoms with van der Waals surface area (Å²) in [6.07, 6.45) is 1.53. The van der Waals surface area contributed by atoms with Crippen molar-refractivity contribution in [3.8, 4) is 0 Å². The Morgan fingerprint density at radius 3 is 2.95 bits per heavy atom. The van der Waals surface area contributed by atoms with E-state index in [-0.39, 0.29) is 17.9 Å². The van der Waals surface area contributed by atoms with Gasteiger partial charge in [0.05, 0.1) is 6.61 Å². The molecule has 0 spiro atoms. The van der Waals surface area contributed by atoms with E-state index in [9.17, 15) is 4.79 Å². The average molecular weight is 290 g/mol. The molecular weight excluding hydrogens is 264 g/mol. The topological polar surface area (TPSA) is 41.6 Å². The van der Waals surface area contributed by atoms with Crippen LogP contribution in [-0.4, -0.2) is 43.7 Å². The molecule has 21 heavy (non-hydrogen) atoms. The molecule has 4 nitrogen and oxygen atoms in total. The molecule has 0 bridgehead atoms. The monoisotopic (exact) mass is 290 g/mol. The van der Waals surface area contributed by atoms with E-state index in [1.807, 2.05) is 17.0 Å². The molecule has 0 aromatic heterocycles. The van der Waals surface area contributed by atoms with Crippen LogP contribution in [0.5, 0.6) is 0 Å². The Morgan fingerprint density at radius 2 is 2.24 bits per heavy atom. The number of carbonyl (C=O) groups excluding carboxylic acids is 1.